The fraction of sp³-hybridized carbons (Fsp3) is 0.250. The van der Waals surface area contributed by atoms with Crippen molar-refractivity contribution in [2.45, 2.75) is 19.9 Å². The quantitative estimate of drug-likeness (QED) is 0.779. The molecule has 3 aromatic rings. The average molecular weight is 259 g/mol. The third-order valence-electron chi connectivity index (χ3n) is 2.81. The van der Waals surface area contributed by atoms with Gasteiger partial charge in [-0.2, -0.15) is 9.61 Å². The van der Waals surface area contributed by atoms with Gasteiger partial charge in [0.1, 0.15) is 5.01 Å². The Morgan fingerprint density at radius 2 is 2.00 bits per heavy atom. The van der Waals surface area contributed by atoms with Crippen LogP contribution in [0.3, 0.4) is 0 Å². The first-order valence-corrected chi connectivity index (χ1v) is 6.64. The summed E-state index contributed by atoms with van der Waals surface area (Å²) >= 11 is 1.55. The van der Waals surface area contributed by atoms with Gasteiger partial charge in [-0.3, -0.25) is 0 Å². The molecule has 2 N–H and O–H groups in total. The van der Waals surface area contributed by atoms with Gasteiger partial charge in [0.2, 0.25) is 4.96 Å². The summed E-state index contributed by atoms with van der Waals surface area (Å²) in [7, 11) is 0. The number of benzene rings is 1. The highest BCUT2D eigenvalue weighted by atomic mass is 32.1. The van der Waals surface area contributed by atoms with Crippen molar-refractivity contribution in [3.63, 3.8) is 0 Å². The molecule has 0 atom stereocenters. The number of aryl methyl sites for hydroxylation is 1. The summed E-state index contributed by atoms with van der Waals surface area (Å²) in [5.74, 6) is 0.895. The molecule has 0 aliphatic carbocycles. The van der Waals surface area contributed by atoms with Gasteiger partial charge in [-0.15, -0.1) is 10.2 Å². The molecular formula is C12H13N5S. The molecule has 6 heteroatoms. The first-order chi connectivity index (χ1) is 8.81. The maximum atomic E-state index is 5.59. The lowest BCUT2D eigenvalue weighted by Crippen LogP contribution is -1.95. The van der Waals surface area contributed by atoms with Crippen LogP contribution in [0.15, 0.2) is 24.3 Å². The normalized spacial score (nSPS) is 11.2. The van der Waals surface area contributed by atoms with Gasteiger partial charge < -0.3 is 5.73 Å². The molecule has 0 saturated carbocycles. The van der Waals surface area contributed by atoms with Crippen LogP contribution in [0.1, 0.15) is 18.3 Å². The van der Waals surface area contributed by atoms with E-state index in [1.807, 2.05) is 35.7 Å². The van der Waals surface area contributed by atoms with Gasteiger partial charge in [0, 0.05) is 18.5 Å². The Morgan fingerprint density at radius 1 is 1.22 bits per heavy atom. The Bertz CT molecular complexity index is 667. The standard InChI is InChI=1S/C12H13N5S/c1-2-10-14-15-12-17(10)16-11(18-12)9-5-3-8(7-13)4-6-9/h3-6H,2,7,13H2,1H3. The third kappa shape index (κ3) is 1.79. The minimum absolute atomic E-state index is 0.561. The number of nitrogens with zero attached hydrogens (tertiary/aromatic N) is 4. The van der Waals surface area contributed by atoms with Crippen molar-refractivity contribution in [2.75, 3.05) is 0 Å². The maximum Gasteiger partial charge on any atom is 0.234 e. The molecule has 0 saturated heterocycles. The molecule has 92 valence electrons. The third-order valence-corrected chi connectivity index (χ3v) is 3.76. The highest BCUT2D eigenvalue weighted by Gasteiger charge is 2.11. The molecule has 1 aromatic carbocycles. The van der Waals surface area contributed by atoms with Crippen molar-refractivity contribution in [1.29, 1.82) is 0 Å². The van der Waals surface area contributed by atoms with E-state index in [-0.39, 0.29) is 0 Å². The van der Waals surface area contributed by atoms with Crippen molar-refractivity contribution in [3.8, 4) is 10.6 Å². The number of aromatic nitrogens is 4. The van der Waals surface area contributed by atoms with Crippen LogP contribution in [0.4, 0.5) is 0 Å². The molecule has 0 bridgehead atoms. The average Bonchev–Trinajstić information content (AvgIpc) is 2.98. The molecule has 2 aromatic heterocycles. The van der Waals surface area contributed by atoms with Crippen LogP contribution in [0, 0.1) is 0 Å². The van der Waals surface area contributed by atoms with E-state index in [0.29, 0.717) is 6.54 Å². The van der Waals surface area contributed by atoms with Crippen LogP contribution in [-0.4, -0.2) is 19.8 Å². The summed E-state index contributed by atoms with van der Waals surface area (Å²) in [6.07, 6.45) is 0.830. The number of fused-ring (bicyclic) bond motifs is 1. The Kier molecular flexibility index (Phi) is 2.81. The zero-order valence-corrected chi connectivity index (χ0v) is 10.8. The second-order valence-corrected chi connectivity index (χ2v) is 4.93. The Hall–Kier alpha value is -1.79. The van der Waals surface area contributed by atoms with Gasteiger partial charge in [-0.05, 0) is 5.56 Å². The summed E-state index contributed by atoms with van der Waals surface area (Å²) in [6, 6.07) is 8.13. The zero-order valence-electron chi connectivity index (χ0n) is 10.00. The van der Waals surface area contributed by atoms with E-state index in [0.717, 1.165) is 33.3 Å². The summed E-state index contributed by atoms with van der Waals surface area (Å²) in [4.78, 5) is 0.838. The molecule has 0 spiro atoms. The van der Waals surface area contributed by atoms with Gasteiger partial charge in [0.25, 0.3) is 0 Å². The Morgan fingerprint density at radius 3 is 2.67 bits per heavy atom. The SMILES string of the molecule is CCc1nnc2sc(-c3ccc(CN)cc3)nn12. The van der Waals surface area contributed by atoms with Gasteiger partial charge in [0.05, 0.1) is 0 Å². The molecule has 0 aliphatic heterocycles. The first kappa shape index (κ1) is 11.3. The second-order valence-electron chi connectivity index (χ2n) is 3.97. The van der Waals surface area contributed by atoms with Crippen molar-refractivity contribution < 1.29 is 0 Å². The van der Waals surface area contributed by atoms with Crippen molar-refractivity contribution in [3.05, 3.63) is 35.7 Å². The van der Waals surface area contributed by atoms with Gasteiger partial charge >= 0.3 is 0 Å². The molecule has 5 nitrogen and oxygen atoms in total. The van der Waals surface area contributed by atoms with E-state index in [1.54, 1.807) is 11.3 Å². The number of rotatable bonds is 3. The van der Waals surface area contributed by atoms with E-state index in [2.05, 4.69) is 15.3 Å². The van der Waals surface area contributed by atoms with Crippen LogP contribution in [0.5, 0.6) is 0 Å². The topological polar surface area (TPSA) is 69.1 Å². The van der Waals surface area contributed by atoms with E-state index < -0.39 is 0 Å². The van der Waals surface area contributed by atoms with Gasteiger partial charge in [-0.1, -0.05) is 42.5 Å². The van der Waals surface area contributed by atoms with Crippen LogP contribution >= 0.6 is 11.3 Å². The number of nitrogens with two attached hydrogens (primary N) is 1. The van der Waals surface area contributed by atoms with E-state index >= 15 is 0 Å². The van der Waals surface area contributed by atoms with E-state index in [1.165, 1.54) is 0 Å². The summed E-state index contributed by atoms with van der Waals surface area (Å²) in [5, 5.41) is 13.7. The van der Waals surface area contributed by atoms with Gasteiger partial charge in [-0.25, -0.2) is 0 Å². The van der Waals surface area contributed by atoms with Crippen LogP contribution in [0.25, 0.3) is 15.5 Å². The number of hydrogen-bond acceptors (Lipinski definition) is 5. The fourth-order valence-corrected chi connectivity index (χ4v) is 2.64. The van der Waals surface area contributed by atoms with Crippen molar-refractivity contribution >= 4 is 16.3 Å². The monoisotopic (exact) mass is 259 g/mol. The lowest BCUT2D eigenvalue weighted by Gasteiger charge is -1.98. The lowest BCUT2D eigenvalue weighted by atomic mass is 10.1. The minimum Gasteiger partial charge on any atom is -0.326 e. The van der Waals surface area contributed by atoms with Crippen molar-refractivity contribution in [1.82, 2.24) is 19.8 Å². The predicted molar refractivity (Wildman–Crippen MR) is 71.4 cm³/mol. The van der Waals surface area contributed by atoms with E-state index in [9.17, 15) is 0 Å². The summed E-state index contributed by atoms with van der Waals surface area (Å²) in [5.41, 5.74) is 7.79. The molecule has 0 unspecified atom stereocenters. The van der Waals surface area contributed by atoms with Crippen LogP contribution in [0.2, 0.25) is 0 Å². The molecule has 0 amide bonds. The molecular weight excluding hydrogens is 246 g/mol. The van der Waals surface area contributed by atoms with Crippen molar-refractivity contribution in [2.24, 2.45) is 5.73 Å². The maximum absolute atomic E-state index is 5.59. The van der Waals surface area contributed by atoms with Crippen LogP contribution < -0.4 is 5.73 Å². The first-order valence-electron chi connectivity index (χ1n) is 5.82. The molecule has 2 heterocycles. The zero-order chi connectivity index (χ0) is 12.5. The molecule has 0 radical (unpaired) electrons. The summed E-state index contributed by atoms with van der Waals surface area (Å²) < 4.78 is 1.82. The Balaban J connectivity index is 2.04. The largest absolute Gasteiger partial charge is 0.326 e. The lowest BCUT2D eigenvalue weighted by molar-refractivity contribution is 0.838. The Labute approximate surface area is 108 Å². The predicted octanol–water partition coefficient (Wildman–Crippen LogP) is 1.87. The molecule has 0 fully saturated rings. The minimum atomic E-state index is 0.561. The van der Waals surface area contributed by atoms with Crippen LogP contribution in [-0.2, 0) is 13.0 Å². The van der Waals surface area contributed by atoms with E-state index in [4.69, 9.17) is 5.73 Å². The summed E-state index contributed by atoms with van der Waals surface area (Å²) in [6.45, 7) is 2.61. The highest BCUT2D eigenvalue weighted by Crippen LogP contribution is 2.25. The van der Waals surface area contributed by atoms with Gasteiger partial charge in [0.15, 0.2) is 5.82 Å². The molecule has 3 rings (SSSR count). The second kappa shape index (κ2) is 4.47. The molecule has 18 heavy (non-hydrogen) atoms. The number of hydrogen-bond donors (Lipinski definition) is 1. The fourth-order valence-electron chi connectivity index (χ4n) is 1.78. The molecule has 0 aliphatic rings. The highest BCUT2D eigenvalue weighted by molar-refractivity contribution is 7.19. The smallest absolute Gasteiger partial charge is 0.234 e.